The highest BCUT2D eigenvalue weighted by Gasteiger charge is 2.24. The van der Waals surface area contributed by atoms with Gasteiger partial charge in [0.2, 0.25) is 0 Å². The SMILES string of the molecule is CCC(C)N(CC)C(=O)c1sc2cc(C)nc(C)c2c1N. The van der Waals surface area contributed by atoms with Crippen molar-refractivity contribution in [2.45, 2.75) is 47.1 Å². The van der Waals surface area contributed by atoms with Gasteiger partial charge in [0.15, 0.2) is 0 Å². The Labute approximate surface area is 130 Å². The summed E-state index contributed by atoms with van der Waals surface area (Å²) in [5.41, 5.74) is 8.67. The lowest BCUT2D eigenvalue weighted by molar-refractivity contribution is 0.0706. The fourth-order valence-corrected chi connectivity index (χ4v) is 3.87. The molecule has 21 heavy (non-hydrogen) atoms. The van der Waals surface area contributed by atoms with Gasteiger partial charge in [0.05, 0.1) is 5.69 Å². The predicted octanol–water partition coefficient (Wildman–Crippen LogP) is 3.76. The maximum Gasteiger partial charge on any atom is 0.266 e. The van der Waals surface area contributed by atoms with Crippen LogP contribution in [0.4, 0.5) is 5.69 Å². The first kappa shape index (κ1) is 15.8. The molecule has 2 N–H and O–H groups in total. The third-order valence-electron chi connectivity index (χ3n) is 3.94. The summed E-state index contributed by atoms with van der Waals surface area (Å²) < 4.78 is 1.04. The first-order valence-electron chi connectivity index (χ1n) is 7.37. The Balaban J connectivity index is 2.54. The van der Waals surface area contributed by atoms with E-state index in [1.807, 2.05) is 31.7 Å². The number of hydrogen-bond acceptors (Lipinski definition) is 4. The lowest BCUT2D eigenvalue weighted by Gasteiger charge is -2.26. The summed E-state index contributed by atoms with van der Waals surface area (Å²) in [6.07, 6.45) is 0.935. The van der Waals surface area contributed by atoms with E-state index in [-0.39, 0.29) is 11.9 Å². The van der Waals surface area contributed by atoms with Crippen LogP contribution in [0, 0.1) is 13.8 Å². The van der Waals surface area contributed by atoms with Crippen molar-refractivity contribution < 1.29 is 4.79 Å². The summed E-state index contributed by atoms with van der Waals surface area (Å²) in [7, 11) is 0. The minimum atomic E-state index is 0.0302. The highest BCUT2D eigenvalue weighted by molar-refractivity contribution is 7.21. The summed E-state index contributed by atoms with van der Waals surface area (Å²) >= 11 is 1.48. The number of aryl methyl sites for hydroxylation is 2. The molecule has 0 aromatic carbocycles. The second-order valence-corrected chi connectivity index (χ2v) is 6.47. The van der Waals surface area contributed by atoms with Crippen LogP contribution in [0.15, 0.2) is 6.07 Å². The van der Waals surface area contributed by atoms with E-state index in [1.54, 1.807) is 0 Å². The summed E-state index contributed by atoms with van der Waals surface area (Å²) in [6, 6.07) is 2.22. The topological polar surface area (TPSA) is 59.2 Å². The standard InChI is InChI=1S/C16H23N3OS/c1-6-10(4)19(7-2)16(20)15-14(17)13-11(5)18-9(3)8-12(13)21-15/h8,10H,6-7,17H2,1-5H3. The molecule has 0 spiro atoms. The Morgan fingerprint density at radius 2 is 2.10 bits per heavy atom. The number of rotatable bonds is 4. The number of carbonyl (C=O) groups excluding carboxylic acids is 1. The van der Waals surface area contributed by atoms with E-state index in [1.165, 1.54) is 11.3 Å². The fourth-order valence-electron chi connectivity index (χ4n) is 2.64. The smallest absolute Gasteiger partial charge is 0.266 e. The minimum absolute atomic E-state index is 0.0302. The van der Waals surface area contributed by atoms with E-state index >= 15 is 0 Å². The van der Waals surface area contributed by atoms with Gasteiger partial charge in [0.1, 0.15) is 4.88 Å². The lowest BCUT2D eigenvalue weighted by atomic mass is 10.1. The number of hydrogen-bond donors (Lipinski definition) is 1. The molecule has 1 atom stereocenters. The summed E-state index contributed by atoms with van der Waals surface area (Å²) in [5, 5.41) is 0.925. The Morgan fingerprint density at radius 3 is 2.67 bits per heavy atom. The van der Waals surface area contributed by atoms with Crippen molar-refractivity contribution in [3.05, 3.63) is 22.3 Å². The normalized spacial score (nSPS) is 12.6. The average molecular weight is 305 g/mol. The van der Waals surface area contributed by atoms with Crippen LogP contribution in [0.1, 0.15) is 48.3 Å². The number of fused-ring (bicyclic) bond motifs is 1. The third kappa shape index (κ3) is 2.75. The van der Waals surface area contributed by atoms with Gasteiger partial charge in [-0.15, -0.1) is 11.3 Å². The number of nitrogens with two attached hydrogens (primary N) is 1. The van der Waals surface area contributed by atoms with Crippen molar-refractivity contribution in [3.63, 3.8) is 0 Å². The van der Waals surface area contributed by atoms with Gasteiger partial charge in [-0.05, 0) is 40.2 Å². The fraction of sp³-hybridized carbons (Fsp3) is 0.500. The van der Waals surface area contributed by atoms with Gasteiger partial charge in [-0.2, -0.15) is 0 Å². The molecule has 2 heterocycles. The molecule has 0 bridgehead atoms. The number of amides is 1. The van der Waals surface area contributed by atoms with E-state index in [9.17, 15) is 4.79 Å². The number of carbonyl (C=O) groups is 1. The van der Waals surface area contributed by atoms with Crippen LogP contribution in [-0.2, 0) is 0 Å². The number of pyridine rings is 1. The molecule has 0 fully saturated rings. The molecule has 5 heteroatoms. The monoisotopic (exact) mass is 305 g/mol. The number of nitrogen functional groups attached to an aromatic ring is 1. The zero-order valence-electron chi connectivity index (χ0n) is 13.4. The largest absolute Gasteiger partial charge is 0.397 e. The lowest BCUT2D eigenvalue weighted by Crippen LogP contribution is -2.37. The molecule has 2 aromatic rings. The first-order chi connectivity index (χ1) is 9.90. The van der Waals surface area contributed by atoms with Crippen LogP contribution in [0.2, 0.25) is 0 Å². The van der Waals surface area contributed by atoms with Gasteiger partial charge in [0.25, 0.3) is 5.91 Å². The summed E-state index contributed by atoms with van der Waals surface area (Å²) in [4.78, 5) is 19.8. The Hall–Kier alpha value is -1.62. The van der Waals surface area contributed by atoms with Gasteiger partial charge < -0.3 is 10.6 Å². The number of nitrogens with zero attached hydrogens (tertiary/aromatic N) is 2. The number of aromatic nitrogens is 1. The predicted molar refractivity (Wildman–Crippen MR) is 90.0 cm³/mol. The Morgan fingerprint density at radius 1 is 1.43 bits per heavy atom. The Bertz CT molecular complexity index is 678. The molecule has 4 nitrogen and oxygen atoms in total. The van der Waals surface area contributed by atoms with Crippen molar-refractivity contribution >= 4 is 33.0 Å². The highest BCUT2D eigenvalue weighted by atomic mass is 32.1. The molecule has 114 valence electrons. The maximum atomic E-state index is 12.8. The van der Waals surface area contributed by atoms with Crippen LogP contribution in [-0.4, -0.2) is 28.4 Å². The molecule has 2 rings (SSSR count). The van der Waals surface area contributed by atoms with Crippen LogP contribution in [0.25, 0.3) is 10.1 Å². The quantitative estimate of drug-likeness (QED) is 0.935. The summed E-state index contributed by atoms with van der Waals surface area (Å²) in [6.45, 7) is 10.8. The van der Waals surface area contributed by atoms with E-state index in [2.05, 4.69) is 18.8 Å². The van der Waals surface area contributed by atoms with Crippen molar-refractivity contribution in [2.24, 2.45) is 0 Å². The molecule has 1 amide bonds. The zero-order valence-corrected chi connectivity index (χ0v) is 14.2. The van der Waals surface area contributed by atoms with E-state index in [4.69, 9.17) is 5.73 Å². The molecule has 0 radical (unpaired) electrons. The number of anilines is 1. The molecule has 0 aliphatic rings. The van der Waals surface area contributed by atoms with Gasteiger partial charge in [-0.3, -0.25) is 9.78 Å². The van der Waals surface area contributed by atoms with Crippen molar-refractivity contribution in [2.75, 3.05) is 12.3 Å². The Kier molecular flexibility index (Phi) is 4.52. The minimum Gasteiger partial charge on any atom is -0.397 e. The van der Waals surface area contributed by atoms with Crippen LogP contribution in [0.5, 0.6) is 0 Å². The second kappa shape index (κ2) is 6.02. The van der Waals surface area contributed by atoms with Crippen LogP contribution < -0.4 is 5.73 Å². The number of thiophene rings is 1. The van der Waals surface area contributed by atoms with E-state index in [0.717, 1.165) is 27.9 Å². The molecular formula is C16H23N3OS. The maximum absolute atomic E-state index is 12.8. The first-order valence-corrected chi connectivity index (χ1v) is 8.19. The molecule has 0 saturated heterocycles. The van der Waals surface area contributed by atoms with Gasteiger partial charge in [0, 0.05) is 34.1 Å². The van der Waals surface area contributed by atoms with E-state index in [0.29, 0.717) is 17.1 Å². The van der Waals surface area contributed by atoms with Crippen molar-refractivity contribution in [1.82, 2.24) is 9.88 Å². The zero-order chi connectivity index (χ0) is 15.7. The van der Waals surface area contributed by atoms with Crippen molar-refractivity contribution in [3.8, 4) is 0 Å². The average Bonchev–Trinajstić information content (AvgIpc) is 2.76. The van der Waals surface area contributed by atoms with Gasteiger partial charge in [-0.1, -0.05) is 6.92 Å². The molecule has 0 saturated carbocycles. The van der Waals surface area contributed by atoms with Crippen LogP contribution >= 0.6 is 11.3 Å². The van der Waals surface area contributed by atoms with Crippen LogP contribution in [0.3, 0.4) is 0 Å². The molecular weight excluding hydrogens is 282 g/mol. The molecule has 2 aromatic heterocycles. The van der Waals surface area contributed by atoms with Crippen molar-refractivity contribution in [1.29, 1.82) is 0 Å². The molecule has 0 aliphatic carbocycles. The van der Waals surface area contributed by atoms with Gasteiger partial charge >= 0.3 is 0 Å². The highest BCUT2D eigenvalue weighted by Crippen LogP contribution is 2.36. The second-order valence-electron chi connectivity index (χ2n) is 5.42. The van der Waals surface area contributed by atoms with E-state index < -0.39 is 0 Å². The summed E-state index contributed by atoms with van der Waals surface area (Å²) in [5.74, 6) is 0.0302. The molecule has 1 unspecified atom stereocenters. The van der Waals surface area contributed by atoms with Gasteiger partial charge in [-0.25, -0.2) is 0 Å². The molecule has 0 aliphatic heterocycles. The third-order valence-corrected chi connectivity index (χ3v) is 5.08.